The average molecular weight is 332 g/mol. The first-order valence-corrected chi connectivity index (χ1v) is 7.79. The van der Waals surface area contributed by atoms with Crippen LogP contribution >= 0.6 is 27.5 Å². The van der Waals surface area contributed by atoms with Crippen LogP contribution in [0.5, 0.6) is 0 Å². The second-order valence-electron chi connectivity index (χ2n) is 5.64. The Morgan fingerprint density at radius 2 is 2.00 bits per heavy atom. The van der Waals surface area contributed by atoms with Crippen molar-refractivity contribution in [3.05, 3.63) is 33.3 Å². The fraction of sp³-hybridized carbons (Fsp3) is 0.600. The second-order valence-corrected chi connectivity index (χ2v) is 6.96. The molecule has 1 aliphatic carbocycles. The molecule has 1 aromatic rings. The summed E-state index contributed by atoms with van der Waals surface area (Å²) in [5, 5.41) is 11.2. The van der Waals surface area contributed by atoms with Crippen LogP contribution in [0.4, 0.5) is 0 Å². The van der Waals surface area contributed by atoms with E-state index in [2.05, 4.69) is 29.8 Å². The van der Waals surface area contributed by atoms with Gasteiger partial charge in [-0.2, -0.15) is 0 Å². The van der Waals surface area contributed by atoms with Crippen molar-refractivity contribution in [2.45, 2.75) is 39.2 Å². The highest BCUT2D eigenvalue weighted by molar-refractivity contribution is 9.10. The summed E-state index contributed by atoms with van der Waals surface area (Å²) in [5.74, 6) is 1.79. The number of hydrogen-bond acceptors (Lipinski definition) is 1. The van der Waals surface area contributed by atoms with Crippen LogP contribution in [0.2, 0.25) is 5.02 Å². The third-order valence-corrected chi connectivity index (χ3v) is 5.20. The molecule has 0 aliphatic heterocycles. The standard InChI is InChI=1S/C15H20BrClO/c1-9-3-4-11(7-10(9)2)15(18)13-8-12(16)5-6-14(13)17/h5-6,8-11,15,18H,3-4,7H2,1-2H3. The van der Waals surface area contributed by atoms with Crippen LogP contribution < -0.4 is 0 Å². The highest BCUT2D eigenvalue weighted by Crippen LogP contribution is 2.41. The van der Waals surface area contributed by atoms with Gasteiger partial charge in [0.15, 0.2) is 0 Å². The molecule has 1 N–H and O–H groups in total. The summed E-state index contributed by atoms with van der Waals surface area (Å²) in [6, 6.07) is 5.69. The Labute approximate surface area is 123 Å². The summed E-state index contributed by atoms with van der Waals surface area (Å²) in [6.07, 6.45) is 2.94. The maximum Gasteiger partial charge on any atom is 0.0833 e. The van der Waals surface area contributed by atoms with Crippen molar-refractivity contribution < 1.29 is 5.11 Å². The molecule has 1 fully saturated rings. The summed E-state index contributed by atoms with van der Waals surface area (Å²) >= 11 is 9.63. The lowest BCUT2D eigenvalue weighted by Crippen LogP contribution is -2.25. The molecule has 1 nitrogen and oxygen atoms in total. The van der Waals surface area contributed by atoms with Crippen molar-refractivity contribution in [1.29, 1.82) is 0 Å². The molecule has 0 saturated heterocycles. The Hall–Kier alpha value is -0.0500. The van der Waals surface area contributed by atoms with Crippen LogP contribution in [-0.4, -0.2) is 5.11 Å². The minimum Gasteiger partial charge on any atom is -0.388 e. The number of aliphatic hydroxyl groups excluding tert-OH is 1. The van der Waals surface area contributed by atoms with Crippen LogP contribution in [0.3, 0.4) is 0 Å². The summed E-state index contributed by atoms with van der Waals surface area (Å²) < 4.78 is 0.971. The monoisotopic (exact) mass is 330 g/mol. The predicted octanol–water partition coefficient (Wildman–Crippen LogP) is 5.21. The fourth-order valence-corrected chi connectivity index (χ4v) is 3.48. The number of aliphatic hydroxyl groups is 1. The molecule has 1 saturated carbocycles. The summed E-state index contributed by atoms with van der Waals surface area (Å²) in [7, 11) is 0. The second kappa shape index (κ2) is 5.94. The highest BCUT2D eigenvalue weighted by atomic mass is 79.9. The van der Waals surface area contributed by atoms with Gasteiger partial charge in [0.2, 0.25) is 0 Å². The maximum atomic E-state index is 10.5. The molecule has 4 unspecified atom stereocenters. The zero-order chi connectivity index (χ0) is 13.3. The first-order valence-electron chi connectivity index (χ1n) is 6.62. The fourth-order valence-electron chi connectivity index (χ4n) is 2.87. The van der Waals surface area contributed by atoms with E-state index in [0.29, 0.717) is 16.9 Å². The van der Waals surface area contributed by atoms with E-state index < -0.39 is 6.10 Å². The van der Waals surface area contributed by atoms with Crippen molar-refractivity contribution in [3.63, 3.8) is 0 Å². The quantitative estimate of drug-likeness (QED) is 0.789. The molecule has 100 valence electrons. The van der Waals surface area contributed by atoms with Gasteiger partial charge in [-0.25, -0.2) is 0 Å². The Bertz CT molecular complexity index is 421. The molecule has 0 bridgehead atoms. The lowest BCUT2D eigenvalue weighted by molar-refractivity contribution is 0.0561. The molecule has 0 spiro atoms. The van der Waals surface area contributed by atoms with Gasteiger partial charge in [-0.1, -0.05) is 47.8 Å². The molecule has 0 heterocycles. The number of hydrogen-bond donors (Lipinski definition) is 1. The molecule has 4 atom stereocenters. The zero-order valence-electron chi connectivity index (χ0n) is 10.9. The minimum atomic E-state index is -0.440. The van der Waals surface area contributed by atoms with Crippen LogP contribution in [-0.2, 0) is 0 Å². The van der Waals surface area contributed by atoms with Gasteiger partial charge >= 0.3 is 0 Å². The van der Waals surface area contributed by atoms with E-state index in [1.54, 1.807) is 0 Å². The number of rotatable bonds is 2. The molecule has 1 aromatic carbocycles. The van der Waals surface area contributed by atoms with Crippen LogP contribution in [0.1, 0.15) is 44.8 Å². The van der Waals surface area contributed by atoms with Gasteiger partial charge in [-0.3, -0.25) is 0 Å². The molecule has 0 aromatic heterocycles. The molecular formula is C15H20BrClO. The molecule has 2 rings (SSSR count). The largest absolute Gasteiger partial charge is 0.388 e. The van der Waals surface area contributed by atoms with Crippen molar-refractivity contribution in [3.8, 4) is 0 Å². The van der Waals surface area contributed by atoms with Crippen molar-refractivity contribution in [1.82, 2.24) is 0 Å². The molecule has 0 amide bonds. The summed E-state index contributed by atoms with van der Waals surface area (Å²) in [6.45, 7) is 4.59. The lowest BCUT2D eigenvalue weighted by Gasteiger charge is -2.35. The van der Waals surface area contributed by atoms with E-state index in [4.69, 9.17) is 11.6 Å². The van der Waals surface area contributed by atoms with Gasteiger partial charge in [0.1, 0.15) is 0 Å². The molecule has 1 aliphatic rings. The molecular weight excluding hydrogens is 312 g/mol. The van der Waals surface area contributed by atoms with E-state index in [1.807, 2.05) is 18.2 Å². The minimum absolute atomic E-state index is 0.336. The average Bonchev–Trinajstić information content (AvgIpc) is 2.35. The smallest absolute Gasteiger partial charge is 0.0833 e. The van der Waals surface area contributed by atoms with E-state index in [9.17, 15) is 5.11 Å². The van der Waals surface area contributed by atoms with Gasteiger partial charge in [0.05, 0.1) is 6.10 Å². The van der Waals surface area contributed by atoms with E-state index in [-0.39, 0.29) is 0 Å². The van der Waals surface area contributed by atoms with Crippen LogP contribution in [0, 0.1) is 17.8 Å². The predicted molar refractivity (Wildman–Crippen MR) is 79.8 cm³/mol. The maximum absolute atomic E-state index is 10.5. The van der Waals surface area contributed by atoms with Gasteiger partial charge in [-0.05, 0) is 48.8 Å². The topological polar surface area (TPSA) is 20.2 Å². The van der Waals surface area contributed by atoms with Gasteiger partial charge in [0, 0.05) is 15.1 Å². The zero-order valence-corrected chi connectivity index (χ0v) is 13.2. The van der Waals surface area contributed by atoms with E-state index in [1.165, 1.54) is 6.42 Å². The van der Waals surface area contributed by atoms with Crippen molar-refractivity contribution >= 4 is 27.5 Å². The molecule has 0 radical (unpaired) electrons. The normalized spacial score (nSPS) is 30.2. The third kappa shape index (κ3) is 3.09. The van der Waals surface area contributed by atoms with Crippen molar-refractivity contribution in [2.75, 3.05) is 0 Å². The van der Waals surface area contributed by atoms with Crippen LogP contribution in [0.25, 0.3) is 0 Å². The Kier molecular flexibility index (Phi) is 4.74. The Morgan fingerprint density at radius 3 is 2.67 bits per heavy atom. The Balaban J connectivity index is 2.16. The first-order chi connectivity index (χ1) is 8.49. The summed E-state index contributed by atoms with van der Waals surface area (Å²) in [5.41, 5.74) is 0.859. The molecule has 3 heteroatoms. The number of benzene rings is 1. The number of halogens is 2. The first kappa shape index (κ1) is 14.4. The highest BCUT2D eigenvalue weighted by Gasteiger charge is 2.30. The van der Waals surface area contributed by atoms with Gasteiger partial charge in [0.25, 0.3) is 0 Å². The molecule has 18 heavy (non-hydrogen) atoms. The van der Waals surface area contributed by atoms with Gasteiger partial charge in [-0.15, -0.1) is 0 Å². The summed E-state index contributed by atoms with van der Waals surface area (Å²) in [4.78, 5) is 0. The van der Waals surface area contributed by atoms with E-state index >= 15 is 0 Å². The van der Waals surface area contributed by atoms with Crippen LogP contribution in [0.15, 0.2) is 22.7 Å². The Morgan fingerprint density at radius 1 is 1.28 bits per heavy atom. The van der Waals surface area contributed by atoms with Gasteiger partial charge < -0.3 is 5.11 Å². The van der Waals surface area contributed by atoms with Crippen molar-refractivity contribution in [2.24, 2.45) is 17.8 Å². The SMILES string of the molecule is CC1CCC(C(O)c2cc(Br)ccc2Cl)CC1C. The third-order valence-electron chi connectivity index (χ3n) is 4.36. The lowest BCUT2D eigenvalue weighted by atomic mass is 9.73. The van der Waals surface area contributed by atoms with E-state index in [0.717, 1.165) is 28.8 Å².